The van der Waals surface area contributed by atoms with Gasteiger partial charge in [-0.05, 0) is 28.8 Å². The van der Waals surface area contributed by atoms with Crippen LogP contribution < -0.4 is 5.43 Å². The van der Waals surface area contributed by atoms with Gasteiger partial charge in [0, 0.05) is 17.7 Å². The number of amides is 1. The van der Waals surface area contributed by atoms with E-state index in [4.69, 9.17) is 0 Å². The summed E-state index contributed by atoms with van der Waals surface area (Å²) in [4.78, 5) is 22.1. The van der Waals surface area contributed by atoms with Gasteiger partial charge in [-0.1, -0.05) is 54.6 Å². The number of nitro benzene ring substituents is 1. The first kappa shape index (κ1) is 17.0. The molecule has 1 amide bonds. The first-order chi connectivity index (χ1) is 12.6. The fourth-order valence-electron chi connectivity index (χ4n) is 2.36. The number of rotatable bonds is 5. The second kappa shape index (κ2) is 7.85. The van der Waals surface area contributed by atoms with Crippen molar-refractivity contribution >= 4 is 17.8 Å². The average molecular weight is 345 g/mol. The molecule has 0 aliphatic heterocycles. The van der Waals surface area contributed by atoms with E-state index in [1.807, 2.05) is 54.6 Å². The highest BCUT2D eigenvalue weighted by molar-refractivity contribution is 5.95. The van der Waals surface area contributed by atoms with Crippen molar-refractivity contribution in [3.8, 4) is 11.1 Å². The topological polar surface area (TPSA) is 84.6 Å². The number of carbonyl (C=O) groups is 1. The Morgan fingerprint density at radius 3 is 2.12 bits per heavy atom. The molecular formula is C20H15N3O3. The van der Waals surface area contributed by atoms with Crippen molar-refractivity contribution < 1.29 is 9.72 Å². The molecule has 0 aromatic heterocycles. The summed E-state index contributed by atoms with van der Waals surface area (Å²) in [7, 11) is 0. The summed E-state index contributed by atoms with van der Waals surface area (Å²) in [5.41, 5.74) is 5.70. The van der Waals surface area contributed by atoms with E-state index in [0.717, 1.165) is 16.7 Å². The van der Waals surface area contributed by atoms with Crippen LogP contribution in [0.4, 0.5) is 5.69 Å². The molecule has 3 aromatic rings. The molecule has 0 unspecified atom stereocenters. The summed E-state index contributed by atoms with van der Waals surface area (Å²) in [6.45, 7) is 0. The second-order valence-electron chi connectivity index (χ2n) is 5.49. The van der Waals surface area contributed by atoms with Crippen molar-refractivity contribution in [3.05, 3.63) is 100 Å². The van der Waals surface area contributed by atoms with Crippen LogP contribution >= 0.6 is 0 Å². The number of carbonyl (C=O) groups excluding carboxylic acids is 1. The van der Waals surface area contributed by atoms with E-state index >= 15 is 0 Å². The molecule has 0 atom stereocenters. The average Bonchev–Trinajstić information content (AvgIpc) is 2.69. The van der Waals surface area contributed by atoms with E-state index in [9.17, 15) is 14.9 Å². The predicted octanol–water partition coefficient (Wildman–Crippen LogP) is 4.03. The summed E-state index contributed by atoms with van der Waals surface area (Å²) in [5, 5.41) is 14.5. The lowest BCUT2D eigenvalue weighted by atomic mass is 10.0. The highest BCUT2D eigenvalue weighted by atomic mass is 16.6. The van der Waals surface area contributed by atoms with Crippen LogP contribution in [0.2, 0.25) is 0 Å². The first-order valence-corrected chi connectivity index (χ1v) is 7.87. The van der Waals surface area contributed by atoms with E-state index in [1.165, 1.54) is 30.5 Å². The zero-order valence-corrected chi connectivity index (χ0v) is 13.7. The van der Waals surface area contributed by atoms with Crippen LogP contribution in [0.15, 0.2) is 84.0 Å². The van der Waals surface area contributed by atoms with Gasteiger partial charge in [-0.15, -0.1) is 0 Å². The van der Waals surface area contributed by atoms with Gasteiger partial charge in [0.05, 0.1) is 11.1 Å². The Morgan fingerprint density at radius 2 is 1.50 bits per heavy atom. The third kappa shape index (κ3) is 4.18. The number of non-ortho nitro benzene ring substituents is 1. The Labute approximate surface area is 150 Å². The molecule has 0 bridgehead atoms. The molecule has 6 nitrogen and oxygen atoms in total. The Hall–Kier alpha value is -3.80. The molecule has 0 aliphatic rings. The number of hydrogen-bond acceptors (Lipinski definition) is 4. The number of hydrazone groups is 1. The summed E-state index contributed by atoms with van der Waals surface area (Å²) in [6.07, 6.45) is 1.54. The molecule has 128 valence electrons. The fraction of sp³-hybridized carbons (Fsp3) is 0. The molecular weight excluding hydrogens is 330 g/mol. The van der Waals surface area contributed by atoms with Gasteiger partial charge in [-0.2, -0.15) is 5.10 Å². The van der Waals surface area contributed by atoms with E-state index in [1.54, 1.807) is 0 Å². The van der Waals surface area contributed by atoms with Crippen LogP contribution in [-0.2, 0) is 0 Å². The smallest absolute Gasteiger partial charge is 0.267 e. The maximum Gasteiger partial charge on any atom is 0.271 e. The van der Waals surface area contributed by atoms with E-state index in [-0.39, 0.29) is 5.69 Å². The maximum atomic E-state index is 12.0. The Kier molecular flexibility index (Phi) is 5.14. The Balaban J connectivity index is 1.61. The van der Waals surface area contributed by atoms with Crippen LogP contribution in [0.25, 0.3) is 11.1 Å². The largest absolute Gasteiger partial charge is 0.271 e. The van der Waals surface area contributed by atoms with Gasteiger partial charge in [-0.3, -0.25) is 14.9 Å². The van der Waals surface area contributed by atoms with Gasteiger partial charge >= 0.3 is 0 Å². The molecule has 0 aliphatic carbocycles. The molecule has 0 heterocycles. The molecule has 3 rings (SSSR count). The normalized spacial score (nSPS) is 10.6. The molecule has 0 saturated carbocycles. The summed E-state index contributed by atoms with van der Waals surface area (Å²) < 4.78 is 0. The van der Waals surface area contributed by atoms with E-state index < -0.39 is 10.8 Å². The van der Waals surface area contributed by atoms with Crippen molar-refractivity contribution in [2.75, 3.05) is 0 Å². The van der Waals surface area contributed by atoms with E-state index in [0.29, 0.717) is 5.56 Å². The summed E-state index contributed by atoms with van der Waals surface area (Å²) in [5.74, 6) is -0.433. The monoisotopic (exact) mass is 345 g/mol. The van der Waals surface area contributed by atoms with Gasteiger partial charge in [0.2, 0.25) is 0 Å². The van der Waals surface area contributed by atoms with Gasteiger partial charge in [0.25, 0.3) is 11.6 Å². The van der Waals surface area contributed by atoms with E-state index in [2.05, 4.69) is 10.5 Å². The molecule has 0 radical (unpaired) electrons. The second-order valence-corrected chi connectivity index (χ2v) is 5.49. The minimum absolute atomic E-state index is 0.0662. The highest BCUT2D eigenvalue weighted by Crippen LogP contribution is 2.18. The van der Waals surface area contributed by atoms with Crippen LogP contribution in [0.5, 0.6) is 0 Å². The lowest BCUT2D eigenvalue weighted by molar-refractivity contribution is -0.384. The predicted molar refractivity (Wildman–Crippen MR) is 100 cm³/mol. The lowest BCUT2D eigenvalue weighted by Crippen LogP contribution is -2.17. The zero-order valence-electron chi connectivity index (χ0n) is 13.7. The maximum absolute atomic E-state index is 12.0. The van der Waals surface area contributed by atoms with Gasteiger partial charge in [-0.25, -0.2) is 5.43 Å². The van der Waals surface area contributed by atoms with Crippen LogP contribution in [0, 0.1) is 10.1 Å². The van der Waals surface area contributed by atoms with Gasteiger partial charge in [0.15, 0.2) is 0 Å². The standard InChI is InChI=1S/C20H15N3O3/c24-20(18-10-12-19(13-11-18)23(25)26)22-21-14-15-6-8-17(9-7-15)16-4-2-1-3-5-16/h1-14H,(H,22,24). The third-order valence-corrected chi connectivity index (χ3v) is 3.74. The SMILES string of the molecule is O=C(NN=Cc1ccc(-c2ccccc2)cc1)c1ccc([N+](=O)[O-])cc1. The molecule has 0 spiro atoms. The van der Waals surface area contributed by atoms with Gasteiger partial charge in [0.1, 0.15) is 0 Å². The Morgan fingerprint density at radius 1 is 0.885 bits per heavy atom. The van der Waals surface area contributed by atoms with Crippen molar-refractivity contribution in [1.82, 2.24) is 5.43 Å². The van der Waals surface area contributed by atoms with Crippen molar-refractivity contribution in [3.63, 3.8) is 0 Å². The number of nitro groups is 1. The third-order valence-electron chi connectivity index (χ3n) is 3.74. The lowest BCUT2D eigenvalue weighted by Gasteiger charge is -2.02. The number of hydrogen-bond donors (Lipinski definition) is 1. The number of nitrogens with one attached hydrogen (secondary N) is 1. The molecule has 6 heteroatoms. The van der Waals surface area contributed by atoms with Crippen LogP contribution in [0.1, 0.15) is 15.9 Å². The van der Waals surface area contributed by atoms with Crippen LogP contribution in [0.3, 0.4) is 0 Å². The summed E-state index contributed by atoms with van der Waals surface area (Å²) >= 11 is 0. The molecule has 3 aromatic carbocycles. The van der Waals surface area contributed by atoms with Gasteiger partial charge < -0.3 is 0 Å². The minimum atomic E-state index is -0.515. The van der Waals surface area contributed by atoms with Crippen molar-refractivity contribution in [2.45, 2.75) is 0 Å². The van der Waals surface area contributed by atoms with Crippen molar-refractivity contribution in [2.24, 2.45) is 5.10 Å². The fourth-order valence-corrected chi connectivity index (χ4v) is 2.36. The molecule has 0 fully saturated rings. The molecule has 0 saturated heterocycles. The number of benzene rings is 3. The van der Waals surface area contributed by atoms with Crippen LogP contribution in [-0.4, -0.2) is 17.0 Å². The quantitative estimate of drug-likeness (QED) is 0.430. The minimum Gasteiger partial charge on any atom is -0.267 e. The Bertz CT molecular complexity index is 934. The zero-order chi connectivity index (χ0) is 18.4. The highest BCUT2D eigenvalue weighted by Gasteiger charge is 2.08. The number of nitrogens with zero attached hydrogens (tertiary/aromatic N) is 2. The molecule has 26 heavy (non-hydrogen) atoms. The molecule has 1 N–H and O–H groups in total. The summed E-state index contributed by atoms with van der Waals surface area (Å²) in [6, 6.07) is 23.1. The first-order valence-electron chi connectivity index (χ1n) is 7.87. The van der Waals surface area contributed by atoms with Crippen molar-refractivity contribution in [1.29, 1.82) is 0 Å².